The van der Waals surface area contributed by atoms with Crippen LogP contribution in [-0.4, -0.2) is 60.7 Å². The van der Waals surface area contributed by atoms with Gasteiger partial charge in [-0.1, -0.05) is 6.92 Å². The van der Waals surface area contributed by atoms with Crippen molar-refractivity contribution in [2.45, 2.75) is 13.3 Å². The van der Waals surface area contributed by atoms with E-state index in [1.165, 1.54) is 0 Å². The van der Waals surface area contributed by atoms with Gasteiger partial charge in [0.05, 0.1) is 5.39 Å². The van der Waals surface area contributed by atoms with E-state index in [2.05, 4.69) is 46.9 Å². The Hall–Kier alpha value is -3.36. The zero-order valence-corrected chi connectivity index (χ0v) is 15.0. The van der Waals surface area contributed by atoms with Crippen LogP contribution in [0, 0.1) is 0 Å². The minimum Gasteiger partial charge on any atom is -0.352 e. The van der Waals surface area contributed by atoms with Crippen molar-refractivity contribution in [1.82, 2.24) is 34.5 Å². The summed E-state index contributed by atoms with van der Waals surface area (Å²) in [6, 6.07) is 3.95. The molecule has 9 nitrogen and oxygen atoms in total. The SMILES string of the molecule is CCc1nnc2c(N3CCN(c4ncnc5ncccc45)CC3)nccn12. The fourth-order valence-electron chi connectivity index (χ4n) is 3.59. The predicted molar refractivity (Wildman–Crippen MR) is 102 cm³/mol. The van der Waals surface area contributed by atoms with Crippen molar-refractivity contribution in [2.24, 2.45) is 0 Å². The Labute approximate surface area is 155 Å². The monoisotopic (exact) mass is 361 g/mol. The molecule has 4 aromatic heterocycles. The van der Waals surface area contributed by atoms with Crippen LogP contribution in [0.2, 0.25) is 0 Å². The van der Waals surface area contributed by atoms with Crippen LogP contribution in [-0.2, 0) is 6.42 Å². The number of nitrogens with zero attached hydrogens (tertiary/aromatic N) is 9. The number of hydrogen-bond donors (Lipinski definition) is 0. The van der Waals surface area contributed by atoms with Crippen LogP contribution in [0.4, 0.5) is 11.6 Å². The zero-order valence-electron chi connectivity index (χ0n) is 15.0. The Morgan fingerprint density at radius 3 is 2.52 bits per heavy atom. The molecule has 1 fully saturated rings. The highest BCUT2D eigenvalue weighted by Gasteiger charge is 2.23. The molecule has 0 aromatic carbocycles. The first kappa shape index (κ1) is 15.9. The van der Waals surface area contributed by atoms with E-state index in [9.17, 15) is 0 Å². The maximum absolute atomic E-state index is 4.57. The minimum absolute atomic E-state index is 0.729. The predicted octanol–water partition coefficient (Wildman–Crippen LogP) is 1.35. The van der Waals surface area contributed by atoms with E-state index in [1.807, 2.05) is 28.9 Å². The molecule has 5 heterocycles. The number of hydrogen-bond acceptors (Lipinski definition) is 8. The summed E-state index contributed by atoms with van der Waals surface area (Å²) in [5.74, 6) is 2.78. The van der Waals surface area contributed by atoms with Gasteiger partial charge in [0.15, 0.2) is 11.5 Å². The number of rotatable bonds is 3. The molecule has 0 unspecified atom stereocenters. The van der Waals surface area contributed by atoms with Gasteiger partial charge in [-0.3, -0.25) is 4.40 Å². The first-order chi connectivity index (χ1) is 13.3. The second-order valence-electron chi connectivity index (χ2n) is 6.46. The Bertz CT molecular complexity index is 1090. The molecule has 0 saturated carbocycles. The van der Waals surface area contributed by atoms with Gasteiger partial charge in [-0.05, 0) is 12.1 Å². The summed E-state index contributed by atoms with van der Waals surface area (Å²) in [7, 11) is 0. The van der Waals surface area contributed by atoms with Gasteiger partial charge < -0.3 is 9.80 Å². The van der Waals surface area contributed by atoms with E-state index < -0.39 is 0 Å². The summed E-state index contributed by atoms with van der Waals surface area (Å²) in [5.41, 5.74) is 1.55. The molecule has 1 saturated heterocycles. The third-order valence-electron chi connectivity index (χ3n) is 4.96. The first-order valence-electron chi connectivity index (χ1n) is 9.09. The standard InChI is InChI=1S/C18H19N9/c1-2-14-23-24-18-17(20-6-7-27(14)18)26-10-8-25(9-11-26)16-13-4-3-5-19-15(13)21-12-22-16/h3-7,12H,2,8-11H2,1H3. The molecule has 0 radical (unpaired) electrons. The van der Waals surface area contributed by atoms with E-state index in [0.29, 0.717) is 0 Å². The van der Waals surface area contributed by atoms with E-state index in [4.69, 9.17) is 0 Å². The summed E-state index contributed by atoms with van der Waals surface area (Å²) in [4.78, 5) is 22.2. The van der Waals surface area contributed by atoms with Gasteiger partial charge in [-0.15, -0.1) is 10.2 Å². The van der Waals surface area contributed by atoms with Crippen LogP contribution in [0.5, 0.6) is 0 Å². The van der Waals surface area contributed by atoms with Crippen LogP contribution in [0.1, 0.15) is 12.7 Å². The first-order valence-corrected chi connectivity index (χ1v) is 9.09. The summed E-state index contributed by atoms with van der Waals surface area (Å²) in [5, 5.41) is 9.61. The Morgan fingerprint density at radius 2 is 1.70 bits per heavy atom. The second kappa shape index (κ2) is 6.42. The lowest BCUT2D eigenvalue weighted by Crippen LogP contribution is -2.47. The minimum atomic E-state index is 0.729. The van der Waals surface area contributed by atoms with Gasteiger partial charge in [-0.25, -0.2) is 19.9 Å². The lowest BCUT2D eigenvalue weighted by Gasteiger charge is -2.36. The largest absolute Gasteiger partial charge is 0.352 e. The van der Waals surface area contributed by atoms with Crippen molar-refractivity contribution >= 4 is 28.3 Å². The quantitative estimate of drug-likeness (QED) is 0.540. The second-order valence-corrected chi connectivity index (χ2v) is 6.46. The number of aryl methyl sites for hydroxylation is 1. The number of piperazine rings is 1. The maximum atomic E-state index is 4.57. The van der Waals surface area contributed by atoms with Crippen LogP contribution in [0.3, 0.4) is 0 Å². The van der Waals surface area contributed by atoms with Gasteiger partial charge in [0.25, 0.3) is 0 Å². The number of anilines is 2. The summed E-state index contributed by atoms with van der Waals surface area (Å²) in [6.07, 6.45) is 7.93. The highest BCUT2D eigenvalue weighted by Crippen LogP contribution is 2.25. The Kier molecular flexibility index (Phi) is 3.77. The van der Waals surface area contributed by atoms with E-state index in [-0.39, 0.29) is 0 Å². The van der Waals surface area contributed by atoms with E-state index in [1.54, 1.807) is 12.5 Å². The molecule has 0 aliphatic carbocycles. The number of aromatic nitrogens is 7. The van der Waals surface area contributed by atoms with Crippen molar-refractivity contribution in [1.29, 1.82) is 0 Å². The summed E-state index contributed by atoms with van der Waals surface area (Å²) >= 11 is 0. The third-order valence-corrected chi connectivity index (χ3v) is 4.96. The smallest absolute Gasteiger partial charge is 0.203 e. The van der Waals surface area contributed by atoms with Crippen LogP contribution >= 0.6 is 0 Å². The molecule has 4 aromatic rings. The van der Waals surface area contributed by atoms with Gasteiger partial charge in [0, 0.05) is 51.2 Å². The van der Waals surface area contributed by atoms with Gasteiger partial charge in [0.1, 0.15) is 18.0 Å². The molecule has 0 amide bonds. The van der Waals surface area contributed by atoms with Crippen LogP contribution in [0.15, 0.2) is 37.1 Å². The molecule has 0 atom stereocenters. The molecular formula is C18H19N9. The summed E-state index contributed by atoms with van der Waals surface area (Å²) < 4.78 is 2.03. The highest BCUT2D eigenvalue weighted by molar-refractivity contribution is 5.86. The Balaban J connectivity index is 1.41. The van der Waals surface area contributed by atoms with Crippen molar-refractivity contribution in [3.05, 3.63) is 42.9 Å². The van der Waals surface area contributed by atoms with Crippen molar-refractivity contribution < 1.29 is 0 Å². The molecule has 136 valence electrons. The topological polar surface area (TPSA) is 88.2 Å². The molecule has 5 rings (SSSR count). The zero-order chi connectivity index (χ0) is 18.2. The van der Waals surface area contributed by atoms with E-state index in [0.717, 1.165) is 66.7 Å². The van der Waals surface area contributed by atoms with Crippen LogP contribution < -0.4 is 9.80 Å². The molecule has 9 heteroatoms. The summed E-state index contributed by atoms with van der Waals surface area (Å²) in [6.45, 7) is 5.45. The molecule has 27 heavy (non-hydrogen) atoms. The fraction of sp³-hybridized carbons (Fsp3) is 0.333. The van der Waals surface area contributed by atoms with Gasteiger partial charge in [-0.2, -0.15) is 0 Å². The maximum Gasteiger partial charge on any atom is 0.203 e. The van der Waals surface area contributed by atoms with Crippen molar-refractivity contribution in [3.8, 4) is 0 Å². The average molecular weight is 361 g/mol. The van der Waals surface area contributed by atoms with E-state index >= 15 is 0 Å². The molecule has 0 spiro atoms. The molecule has 0 bridgehead atoms. The van der Waals surface area contributed by atoms with Crippen molar-refractivity contribution in [2.75, 3.05) is 36.0 Å². The fourth-order valence-corrected chi connectivity index (χ4v) is 3.59. The van der Waals surface area contributed by atoms with Gasteiger partial charge in [0.2, 0.25) is 5.65 Å². The average Bonchev–Trinajstić information content (AvgIpc) is 3.17. The number of fused-ring (bicyclic) bond motifs is 2. The molecule has 1 aliphatic rings. The lowest BCUT2D eigenvalue weighted by atomic mass is 10.2. The molecule has 1 aliphatic heterocycles. The Morgan fingerprint density at radius 1 is 0.889 bits per heavy atom. The van der Waals surface area contributed by atoms with Crippen molar-refractivity contribution in [3.63, 3.8) is 0 Å². The lowest BCUT2D eigenvalue weighted by molar-refractivity contribution is 0.643. The third kappa shape index (κ3) is 2.62. The van der Waals surface area contributed by atoms with Gasteiger partial charge >= 0.3 is 0 Å². The number of pyridine rings is 1. The molecular weight excluding hydrogens is 342 g/mol. The molecule has 0 N–H and O–H groups in total. The highest BCUT2D eigenvalue weighted by atomic mass is 15.3. The van der Waals surface area contributed by atoms with Crippen LogP contribution in [0.25, 0.3) is 16.7 Å². The normalized spacial score (nSPS) is 15.0.